The van der Waals surface area contributed by atoms with E-state index in [0.29, 0.717) is 12.1 Å². The van der Waals surface area contributed by atoms with Crippen LogP contribution in [0.15, 0.2) is 24.3 Å². The minimum Gasteiger partial charge on any atom is -0.497 e. The summed E-state index contributed by atoms with van der Waals surface area (Å²) < 4.78 is 10.9. The van der Waals surface area contributed by atoms with Crippen molar-refractivity contribution in [3.8, 4) is 5.75 Å². The van der Waals surface area contributed by atoms with Crippen LogP contribution in [0.4, 0.5) is 0 Å². The molecule has 23 heavy (non-hydrogen) atoms. The van der Waals surface area contributed by atoms with Crippen molar-refractivity contribution in [2.24, 2.45) is 0 Å². The van der Waals surface area contributed by atoms with Crippen LogP contribution in [0.3, 0.4) is 0 Å². The van der Waals surface area contributed by atoms with Gasteiger partial charge in [0.25, 0.3) is 5.91 Å². The molecule has 5 heteroatoms. The topological polar surface area (TPSA) is 60.5 Å². The molecule has 1 saturated heterocycles. The van der Waals surface area contributed by atoms with E-state index in [4.69, 9.17) is 9.47 Å². The standard InChI is InChI=1S/C18H22N2O3/c1-12-9-16(15-7-6-13(22-2)10-17(15)20-12)18(21)19-11-14-5-3-4-8-23-14/h6-7,9-10,14H,3-5,8,11H2,1-2H3,(H,19,21)/t14-/m0/s1. The molecule has 0 spiro atoms. The Morgan fingerprint density at radius 2 is 2.26 bits per heavy atom. The minimum atomic E-state index is -0.0835. The highest BCUT2D eigenvalue weighted by atomic mass is 16.5. The average molecular weight is 314 g/mol. The van der Waals surface area contributed by atoms with Crippen LogP contribution in [-0.4, -0.2) is 37.3 Å². The predicted molar refractivity (Wildman–Crippen MR) is 89.0 cm³/mol. The number of benzene rings is 1. The highest BCUT2D eigenvalue weighted by Gasteiger charge is 2.17. The Kier molecular flexibility index (Phi) is 4.76. The number of hydrogen-bond donors (Lipinski definition) is 1. The number of carbonyl (C=O) groups is 1. The molecule has 0 saturated carbocycles. The number of aromatic nitrogens is 1. The van der Waals surface area contributed by atoms with E-state index in [-0.39, 0.29) is 12.0 Å². The maximum Gasteiger partial charge on any atom is 0.252 e. The Morgan fingerprint density at radius 1 is 1.39 bits per heavy atom. The minimum absolute atomic E-state index is 0.0835. The monoisotopic (exact) mass is 314 g/mol. The number of pyridine rings is 1. The molecule has 2 heterocycles. The second-order valence-corrected chi connectivity index (χ2v) is 5.89. The molecule has 0 radical (unpaired) electrons. The first-order valence-corrected chi connectivity index (χ1v) is 8.02. The highest BCUT2D eigenvalue weighted by molar-refractivity contribution is 6.06. The Hall–Kier alpha value is -2.14. The molecule has 1 aromatic carbocycles. The summed E-state index contributed by atoms with van der Waals surface area (Å²) in [7, 11) is 1.62. The van der Waals surface area contributed by atoms with Gasteiger partial charge in [0.2, 0.25) is 0 Å². The summed E-state index contributed by atoms with van der Waals surface area (Å²) in [5, 5.41) is 3.83. The maximum atomic E-state index is 12.6. The summed E-state index contributed by atoms with van der Waals surface area (Å²) in [5.74, 6) is 0.650. The van der Waals surface area contributed by atoms with Gasteiger partial charge in [0.1, 0.15) is 5.75 Å². The van der Waals surface area contributed by atoms with Gasteiger partial charge < -0.3 is 14.8 Å². The van der Waals surface area contributed by atoms with Gasteiger partial charge in [0, 0.05) is 30.3 Å². The second kappa shape index (κ2) is 6.96. The van der Waals surface area contributed by atoms with Gasteiger partial charge >= 0.3 is 0 Å². The fourth-order valence-corrected chi connectivity index (χ4v) is 2.93. The first-order chi connectivity index (χ1) is 11.2. The quantitative estimate of drug-likeness (QED) is 0.942. The number of aryl methyl sites for hydroxylation is 1. The SMILES string of the molecule is COc1ccc2c(C(=O)NC[C@@H]3CCCCO3)cc(C)nc2c1. The lowest BCUT2D eigenvalue weighted by Gasteiger charge is -2.22. The van der Waals surface area contributed by atoms with Gasteiger partial charge in [-0.1, -0.05) is 0 Å². The molecular weight excluding hydrogens is 292 g/mol. The van der Waals surface area contributed by atoms with E-state index in [1.54, 1.807) is 7.11 Å². The number of fused-ring (bicyclic) bond motifs is 1. The third-order valence-corrected chi connectivity index (χ3v) is 4.15. The lowest BCUT2D eigenvalue weighted by atomic mass is 10.1. The van der Waals surface area contributed by atoms with E-state index in [2.05, 4.69) is 10.3 Å². The van der Waals surface area contributed by atoms with Gasteiger partial charge in [-0.25, -0.2) is 0 Å². The molecule has 0 unspecified atom stereocenters. The molecular formula is C18H22N2O3. The molecule has 1 aliphatic heterocycles. The van der Waals surface area contributed by atoms with Gasteiger partial charge in [-0.15, -0.1) is 0 Å². The number of ether oxygens (including phenoxy) is 2. The van der Waals surface area contributed by atoms with Crippen LogP contribution in [0.2, 0.25) is 0 Å². The summed E-state index contributed by atoms with van der Waals surface area (Å²) in [6.45, 7) is 3.23. The zero-order chi connectivity index (χ0) is 16.2. The highest BCUT2D eigenvalue weighted by Crippen LogP contribution is 2.23. The van der Waals surface area contributed by atoms with Crippen LogP contribution >= 0.6 is 0 Å². The van der Waals surface area contributed by atoms with E-state index in [9.17, 15) is 4.79 Å². The van der Waals surface area contributed by atoms with Crippen LogP contribution < -0.4 is 10.1 Å². The van der Waals surface area contributed by atoms with Gasteiger partial charge in [-0.05, 0) is 44.4 Å². The third kappa shape index (κ3) is 3.62. The van der Waals surface area contributed by atoms with Crippen molar-refractivity contribution in [3.05, 3.63) is 35.5 Å². The Morgan fingerprint density at radius 3 is 3.00 bits per heavy atom. The van der Waals surface area contributed by atoms with Gasteiger partial charge in [-0.3, -0.25) is 9.78 Å². The number of methoxy groups -OCH3 is 1. The lowest BCUT2D eigenvalue weighted by molar-refractivity contribution is 0.0169. The van der Waals surface area contributed by atoms with E-state index < -0.39 is 0 Å². The van der Waals surface area contributed by atoms with E-state index >= 15 is 0 Å². The van der Waals surface area contributed by atoms with E-state index in [0.717, 1.165) is 48.2 Å². The molecule has 5 nitrogen and oxygen atoms in total. The molecule has 1 N–H and O–H groups in total. The molecule has 1 aliphatic rings. The number of nitrogens with zero attached hydrogens (tertiary/aromatic N) is 1. The van der Waals surface area contributed by atoms with Crippen molar-refractivity contribution in [2.75, 3.05) is 20.3 Å². The van der Waals surface area contributed by atoms with E-state index in [1.807, 2.05) is 31.2 Å². The van der Waals surface area contributed by atoms with Crippen molar-refractivity contribution >= 4 is 16.8 Å². The summed E-state index contributed by atoms with van der Waals surface area (Å²) in [4.78, 5) is 17.1. The summed E-state index contributed by atoms with van der Waals surface area (Å²) in [6.07, 6.45) is 3.41. The first kappa shape index (κ1) is 15.7. The van der Waals surface area contributed by atoms with Gasteiger partial charge in [0.15, 0.2) is 0 Å². The van der Waals surface area contributed by atoms with Crippen molar-refractivity contribution in [2.45, 2.75) is 32.3 Å². The fraction of sp³-hybridized carbons (Fsp3) is 0.444. The summed E-state index contributed by atoms with van der Waals surface area (Å²) in [6, 6.07) is 7.40. The van der Waals surface area contributed by atoms with Crippen molar-refractivity contribution < 1.29 is 14.3 Å². The molecule has 3 rings (SSSR count). The Bertz CT molecular complexity index is 709. The van der Waals surface area contributed by atoms with E-state index in [1.165, 1.54) is 0 Å². The largest absolute Gasteiger partial charge is 0.497 e. The third-order valence-electron chi connectivity index (χ3n) is 4.15. The van der Waals surface area contributed by atoms with Crippen molar-refractivity contribution in [3.63, 3.8) is 0 Å². The summed E-state index contributed by atoms with van der Waals surface area (Å²) >= 11 is 0. The number of rotatable bonds is 4. The van der Waals surface area contributed by atoms with Gasteiger partial charge in [-0.2, -0.15) is 0 Å². The Labute approximate surface area is 136 Å². The van der Waals surface area contributed by atoms with Crippen LogP contribution in [-0.2, 0) is 4.74 Å². The molecule has 122 valence electrons. The zero-order valence-electron chi connectivity index (χ0n) is 13.6. The summed E-state index contributed by atoms with van der Waals surface area (Å²) in [5.41, 5.74) is 2.22. The molecule has 1 fully saturated rings. The normalized spacial score (nSPS) is 17.9. The lowest BCUT2D eigenvalue weighted by Crippen LogP contribution is -2.35. The molecule has 0 bridgehead atoms. The number of carbonyl (C=O) groups excluding carboxylic acids is 1. The Balaban J connectivity index is 1.81. The van der Waals surface area contributed by atoms with Crippen molar-refractivity contribution in [1.29, 1.82) is 0 Å². The first-order valence-electron chi connectivity index (χ1n) is 8.02. The number of amides is 1. The van der Waals surface area contributed by atoms with Crippen LogP contribution in [0, 0.1) is 6.92 Å². The molecule has 1 aromatic heterocycles. The number of hydrogen-bond acceptors (Lipinski definition) is 4. The van der Waals surface area contributed by atoms with Crippen LogP contribution in [0.25, 0.3) is 10.9 Å². The molecule has 2 aromatic rings. The molecule has 1 amide bonds. The molecule has 1 atom stereocenters. The predicted octanol–water partition coefficient (Wildman–Crippen LogP) is 2.85. The number of nitrogens with one attached hydrogen (secondary N) is 1. The second-order valence-electron chi connectivity index (χ2n) is 5.89. The van der Waals surface area contributed by atoms with Gasteiger partial charge in [0.05, 0.1) is 24.3 Å². The van der Waals surface area contributed by atoms with Crippen LogP contribution in [0.1, 0.15) is 35.3 Å². The maximum absolute atomic E-state index is 12.6. The van der Waals surface area contributed by atoms with Crippen LogP contribution in [0.5, 0.6) is 5.75 Å². The van der Waals surface area contributed by atoms with Crippen molar-refractivity contribution in [1.82, 2.24) is 10.3 Å². The smallest absolute Gasteiger partial charge is 0.252 e. The zero-order valence-corrected chi connectivity index (χ0v) is 13.6. The average Bonchev–Trinajstić information content (AvgIpc) is 2.59. The molecule has 0 aliphatic carbocycles. The fourth-order valence-electron chi connectivity index (χ4n) is 2.93.